The first-order valence-electron chi connectivity index (χ1n) is 10.6. The van der Waals surface area contributed by atoms with Crippen LogP contribution in [0.2, 0.25) is 0 Å². The van der Waals surface area contributed by atoms with Gasteiger partial charge in [-0.2, -0.15) is 0 Å². The minimum atomic E-state index is -0.823. The maximum Gasteiger partial charge on any atom is 0.295 e. The van der Waals surface area contributed by atoms with Gasteiger partial charge < -0.3 is 24.6 Å². The Morgan fingerprint density at radius 3 is 2.28 bits per heavy atom. The molecule has 2 aromatic carbocycles. The lowest BCUT2D eigenvalue weighted by Gasteiger charge is -2.25. The summed E-state index contributed by atoms with van der Waals surface area (Å²) in [4.78, 5) is 27.3. The molecule has 2 aromatic rings. The van der Waals surface area contributed by atoms with Crippen LogP contribution in [0.1, 0.15) is 55.8 Å². The van der Waals surface area contributed by atoms with Gasteiger partial charge in [-0.3, -0.25) is 9.59 Å². The Bertz CT molecular complexity index is 1070. The molecule has 0 aliphatic carbocycles. The van der Waals surface area contributed by atoms with Crippen molar-refractivity contribution in [3.05, 3.63) is 58.7 Å². The van der Waals surface area contributed by atoms with Crippen molar-refractivity contribution in [2.75, 3.05) is 20.8 Å². The molecule has 0 spiro atoms. The van der Waals surface area contributed by atoms with Gasteiger partial charge in [-0.25, -0.2) is 0 Å². The molecule has 170 valence electrons. The van der Waals surface area contributed by atoms with Gasteiger partial charge >= 0.3 is 0 Å². The van der Waals surface area contributed by atoms with E-state index in [9.17, 15) is 19.8 Å². The molecule has 1 aliphatic heterocycles. The molecular formula is C25H29NO6. The monoisotopic (exact) mass is 439 g/mol. The Morgan fingerprint density at radius 1 is 1.06 bits per heavy atom. The highest BCUT2D eigenvalue weighted by atomic mass is 16.5. The number of carbonyl (C=O) groups is 2. The second kappa shape index (κ2) is 9.34. The number of aliphatic hydroxyl groups is 1. The van der Waals surface area contributed by atoms with Crippen LogP contribution < -0.4 is 9.47 Å². The quantitative estimate of drug-likeness (QED) is 0.378. The van der Waals surface area contributed by atoms with Crippen molar-refractivity contribution >= 4 is 17.4 Å². The van der Waals surface area contributed by atoms with E-state index in [0.29, 0.717) is 29.8 Å². The Kier molecular flexibility index (Phi) is 6.77. The van der Waals surface area contributed by atoms with Crippen LogP contribution in [0, 0.1) is 0 Å². The van der Waals surface area contributed by atoms with E-state index >= 15 is 0 Å². The molecule has 1 amide bonds. The molecule has 1 fully saturated rings. The zero-order chi connectivity index (χ0) is 23.6. The van der Waals surface area contributed by atoms with Gasteiger partial charge in [0.25, 0.3) is 11.7 Å². The number of aromatic hydroxyl groups is 1. The van der Waals surface area contributed by atoms with E-state index in [1.54, 1.807) is 37.4 Å². The summed E-state index contributed by atoms with van der Waals surface area (Å²) in [5.41, 5.74) is 1.80. The third kappa shape index (κ3) is 4.02. The molecule has 1 heterocycles. The molecule has 3 rings (SSSR count). The zero-order valence-corrected chi connectivity index (χ0v) is 19.0. The Labute approximate surface area is 187 Å². The predicted molar refractivity (Wildman–Crippen MR) is 121 cm³/mol. The van der Waals surface area contributed by atoms with Gasteiger partial charge in [0.15, 0.2) is 11.5 Å². The van der Waals surface area contributed by atoms with Crippen molar-refractivity contribution in [1.82, 2.24) is 4.90 Å². The first-order chi connectivity index (χ1) is 15.2. The minimum Gasteiger partial charge on any atom is -0.507 e. The maximum absolute atomic E-state index is 13.0. The fourth-order valence-electron chi connectivity index (χ4n) is 4.06. The van der Waals surface area contributed by atoms with Crippen molar-refractivity contribution in [1.29, 1.82) is 0 Å². The van der Waals surface area contributed by atoms with Crippen LogP contribution in [0.3, 0.4) is 0 Å². The number of phenols is 1. The second-order valence-corrected chi connectivity index (χ2v) is 8.04. The topological polar surface area (TPSA) is 96.3 Å². The molecule has 0 bridgehead atoms. The van der Waals surface area contributed by atoms with Gasteiger partial charge in [-0.15, -0.1) is 0 Å². The predicted octanol–water partition coefficient (Wildman–Crippen LogP) is 4.36. The number of hydrogen-bond donors (Lipinski definition) is 2. The number of Topliss-reactive ketones (excluding diaryl/α,β-unsaturated/α-hetero) is 1. The lowest BCUT2D eigenvalue weighted by molar-refractivity contribution is -0.139. The van der Waals surface area contributed by atoms with E-state index in [2.05, 4.69) is 0 Å². The number of benzene rings is 2. The summed E-state index contributed by atoms with van der Waals surface area (Å²) in [6.07, 6.45) is 0.631. The summed E-state index contributed by atoms with van der Waals surface area (Å²) < 4.78 is 10.5. The average Bonchev–Trinajstić information content (AvgIpc) is 3.03. The second-order valence-electron chi connectivity index (χ2n) is 8.04. The summed E-state index contributed by atoms with van der Waals surface area (Å²) in [5, 5.41) is 21.5. The van der Waals surface area contributed by atoms with E-state index in [1.165, 1.54) is 18.1 Å². The van der Waals surface area contributed by atoms with Crippen molar-refractivity contribution in [3.63, 3.8) is 0 Å². The Hall–Kier alpha value is -3.48. The lowest BCUT2D eigenvalue weighted by Crippen LogP contribution is -2.30. The van der Waals surface area contributed by atoms with E-state index < -0.39 is 17.7 Å². The fraction of sp³-hybridized carbons (Fsp3) is 0.360. The molecule has 7 heteroatoms. The van der Waals surface area contributed by atoms with Crippen LogP contribution in [-0.4, -0.2) is 47.6 Å². The van der Waals surface area contributed by atoms with Crippen molar-refractivity contribution in [2.45, 2.75) is 39.2 Å². The third-order valence-corrected chi connectivity index (χ3v) is 5.65. The highest BCUT2D eigenvalue weighted by Crippen LogP contribution is 2.42. The average molecular weight is 440 g/mol. The first-order valence-corrected chi connectivity index (χ1v) is 10.6. The molecule has 1 saturated heterocycles. The number of likely N-dealkylation sites (tertiary alicyclic amines) is 1. The molecule has 0 saturated carbocycles. The van der Waals surface area contributed by atoms with Crippen LogP contribution in [0.4, 0.5) is 0 Å². The summed E-state index contributed by atoms with van der Waals surface area (Å²) in [6, 6.07) is 9.06. The number of ether oxygens (including phenoxy) is 2. The van der Waals surface area contributed by atoms with Gasteiger partial charge in [-0.1, -0.05) is 26.8 Å². The number of carbonyl (C=O) groups excluding carboxylic acids is 2. The number of aliphatic hydroxyl groups excluding tert-OH is 1. The third-order valence-electron chi connectivity index (χ3n) is 5.65. The standard InChI is InChI=1S/C25H29NO6/c1-6-11-26-22(15-7-10-20(32-5)18(27)13-15)21(24(29)25(26)30)23(28)16-8-9-19(31-4)17(12-16)14(2)3/h7-10,12-14,22,27-28H,6,11H2,1-5H3/b23-21-. The van der Waals surface area contributed by atoms with E-state index in [4.69, 9.17) is 9.47 Å². The van der Waals surface area contributed by atoms with Gasteiger partial charge in [0, 0.05) is 12.1 Å². The van der Waals surface area contributed by atoms with E-state index in [-0.39, 0.29) is 28.7 Å². The number of ketones is 1. The maximum atomic E-state index is 13.0. The normalized spacial score (nSPS) is 17.8. The van der Waals surface area contributed by atoms with Crippen LogP contribution in [0.25, 0.3) is 5.76 Å². The SMILES string of the molecule is CCCN1C(=O)C(=O)/C(=C(\O)c2ccc(OC)c(C(C)C)c2)C1c1ccc(OC)c(O)c1. The molecule has 32 heavy (non-hydrogen) atoms. The van der Waals surface area contributed by atoms with Gasteiger partial charge in [0.1, 0.15) is 11.5 Å². The molecule has 1 unspecified atom stereocenters. The molecular weight excluding hydrogens is 410 g/mol. The van der Waals surface area contributed by atoms with E-state index in [1.807, 2.05) is 20.8 Å². The number of hydrogen-bond acceptors (Lipinski definition) is 6. The van der Waals surface area contributed by atoms with Crippen molar-refractivity contribution in [2.24, 2.45) is 0 Å². The Morgan fingerprint density at radius 2 is 1.72 bits per heavy atom. The molecule has 0 radical (unpaired) electrons. The van der Waals surface area contributed by atoms with Crippen molar-refractivity contribution < 1.29 is 29.3 Å². The number of nitrogens with zero attached hydrogens (tertiary/aromatic N) is 1. The lowest BCUT2D eigenvalue weighted by atomic mass is 9.93. The number of phenolic OH excluding ortho intramolecular Hbond substituents is 1. The number of methoxy groups -OCH3 is 2. The largest absolute Gasteiger partial charge is 0.507 e. The fourth-order valence-corrected chi connectivity index (χ4v) is 4.06. The molecule has 2 N–H and O–H groups in total. The van der Waals surface area contributed by atoms with Crippen LogP contribution in [0.15, 0.2) is 42.0 Å². The zero-order valence-electron chi connectivity index (χ0n) is 19.0. The highest BCUT2D eigenvalue weighted by Gasteiger charge is 2.45. The first kappa shape index (κ1) is 23.2. The number of amides is 1. The molecule has 0 aromatic heterocycles. The summed E-state index contributed by atoms with van der Waals surface area (Å²) in [7, 11) is 3.01. The number of rotatable bonds is 7. The summed E-state index contributed by atoms with van der Waals surface area (Å²) in [5.74, 6) is -0.720. The Balaban J connectivity index is 2.22. The van der Waals surface area contributed by atoms with Crippen LogP contribution in [-0.2, 0) is 9.59 Å². The van der Waals surface area contributed by atoms with Gasteiger partial charge in [0.2, 0.25) is 0 Å². The van der Waals surface area contributed by atoms with Gasteiger partial charge in [-0.05, 0) is 53.8 Å². The van der Waals surface area contributed by atoms with Crippen LogP contribution in [0.5, 0.6) is 17.2 Å². The minimum absolute atomic E-state index is 0.00658. The van der Waals surface area contributed by atoms with Gasteiger partial charge in [0.05, 0.1) is 25.8 Å². The summed E-state index contributed by atoms with van der Waals surface area (Å²) >= 11 is 0. The van der Waals surface area contributed by atoms with Crippen LogP contribution >= 0.6 is 0 Å². The molecule has 7 nitrogen and oxygen atoms in total. The van der Waals surface area contributed by atoms with Crippen molar-refractivity contribution in [3.8, 4) is 17.2 Å². The molecule has 1 atom stereocenters. The highest BCUT2D eigenvalue weighted by molar-refractivity contribution is 6.46. The smallest absolute Gasteiger partial charge is 0.295 e. The molecule has 1 aliphatic rings. The summed E-state index contributed by atoms with van der Waals surface area (Å²) in [6.45, 7) is 6.24. The van der Waals surface area contributed by atoms with E-state index in [0.717, 1.165) is 5.56 Å².